The maximum Gasteiger partial charge on any atom is 0.356 e. The zero-order valence-corrected chi connectivity index (χ0v) is 24.0. The van der Waals surface area contributed by atoms with Gasteiger partial charge in [-0.25, -0.2) is 23.4 Å². The van der Waals surface area contributed by atoms with Crippen LogP contribution in [0.15, 0.2) is 52.2 Å². The second-order valence-corrected chi connectivity index (χ2v) is 10.8. The lowest BCUT2D eigenvalue weighted by molar-refractivity contribution is -0.139. The SMILES string of the molecule is CCOC(=O)C1=C(C2CCC(n3nccc3C(=O)OCC)CC2)NC(c2nccs2)=NC1c1ccc(F)c(F)c1Cl. The Morgan fingerprint density at radius 2 is 1.80 bits per heavy atom. The van der Waals surface area contributed by atoms with Gasteiger partial charge in [0.2, 0.25) is 0 Å². The first-order chi connectivity index (χ1) is 19.8. The van der Waals surface area contributed by atoms with Crippen LogP contribution < -0.4 is 5.32 Å². The maximum atomic E-state index is 14.6. The van der Waals surface area contributed by atoms with Crippen LogP contribution in [0.5, 0.6) is 0 Å². The molecule has 2 aromatic heterocycles. The van der Waals surface area contributed by atoms with Crippen molar-refractivity contribution < 1.29 is 27.8 Å². The van der Waals surface area contributed by atoms with Gasteiger partial charge < -0.3 is 14.8 Å². The summed E-state index contributed by atoms with van der Waals surface area (Å²) < 4.78 is 40.9. The van der Waals surface area contributed by atoms with Crippen LogP contribution in [0.3, 0.4) is 0 Å². The Hall–Kier alpha value is -3.64. The fraction of sp³-hybridized carbons (Fsp3) is 0.393. The highest BCUT2D eigenvalue weighted by Gasteiger charge is 2.39. The van der Waals surface area contributed by atoms with Crippen LogP contribution in [-0.2, 0) is 14.3 Å². The Kier molecular flexibility index (Phi) is 8.79. The van der Waals surface area contributed by atoms with E-state index >= 15 is 0 Å². The monoisotopic (exact) mass is 603 g/mol. The molecule has 0 spiro atoms. The molecule has 1 fully saturated rings. The van der Waals surface area contributed by atoms with Gasteiger partial charge in [0.15, 0.2) is 22.5 Å². The highest BCUT2D eigenvalue weighted by Crippen LogP contribution is 2.43. The summed E-state index contributed by atoms with van der Waals surface area (Å²) >= 11 is 7.63. The molecule has 5 rings (SSSR count). The zero-order chi connectivity index (χ0) is 29.1. The van der Waals surface area contributed by atoms with Crippen molar-refractivity contribution in [3.63, 3.8) is 0 Å². The number of halogens is 3. The summed E-state index contributed by atoms with van der Waals surface area (Å²) in [5.74, 6) is -3.10. The number of benzene rings is 1. The normalized spacial score (nSPS) is 20.8. The molecule has 1 atom stereocenters. The molecule has 13 heteroatoms. The number of hydrogen-bond acceptors (Lipinski definition) is 9. The molecule has 9 nitrogen and oxygen atoms in total. The summed E-state index contributed by atoms with van der Waals surface area (Å²) in [4.78, 5) is 34.9. The Labute approximate surface area is 244 Å². The minimum atomic E-state index is -1.21. The van der Waals surface area contributed by atoms with E-state index in [4.69, 9.17) is 26.1 Å². The summed E-state index contributed by atoms with van der Waals surface area (Å²) in [6.45, 7) is 3.81. The molecule has 0 radical (unpaired) electrons. The van der Waals surface area contributed by atoms with Crippen molar-refractivity contribution in [2.24, 2.45) is 10.9 Å². The molecular formula is C28H28ClF2N5O4S. The molecule has 2 aliphatic rings. The number of allylic oxidation sites excluding steroid dienone is 1. The summed E-state index contributed by atoms with van der Waals surface area (Å²) in [5.41, 5.74) is 1.31. The van der Waals surface area contributed by atoms with Crippen molar-refractivity contribution in [3.8, 4) is 0 Å². The Morgan fingerprint density at radius 3 is 2.49 bits per heavy atom. The average Bonchev–Trinajstić information content (AvgIpc) is 3.69. The lowest BCUT2D eigenvalue weighted by Gasteiger charge is -2.35. The van der Waals surface area contributed by atoms with Crippen LogP contribution >= 0.6 is 22.9 Å². The number of nitrogens with zero attached hydrogens (tertiary/aromatic N) is 4. The number of ether oxygens (including phenoxy) is 2. The van der Waals surface area contributed by atoms with Crippen molar-refractivity contribution in [1.82, 2.24) is 20.1 Å². The molecule has 0 saturated heterocycles. The second kappa shape index (κ2) is 12.5. The van der Waals surface area contributed by atoms with E-state index in [-0.39, 0.29) is 36.3 Å². The number of amidine groups is 1. The van der Waals surface area contributed by atoms with Crippen LogP contribution in [0.1, 0.15) is 72.7 Å². The fourth-order valence-electron chi connectivity index (χ4n) is 5.33. The van der Waals surface area contributed by atoms with E-state index in [1.807, 2.05) is 0 Å². The molecule has 3 aromatic rings. The first-order valence-electron chi connectivity index (χ1n) is 13.3. The van der Waals surface area contributed by atoms with Crippen molar-refractivity contribution in [1.29, 1.82) is 0 Å². The van der Waals surface area contributed by atoms with Crippen molar-refractivity contribution in [2.75, 3.05) is 13.2 Å². The van der Waals surface area contributed by atoms with E-state index in [0.29, 0.717) is 47.9 Å². The standard InChI is InChI=1S/C28H28ClF2N5O4S/c1-3-39-27(37)19-11-12-33-36(19)16-7-5-15(6-8-16)23-20(28(38)40-4-2)24(17-9-10-18(30)22(31)21(17)29)35-25(34-23)26-32-13-14-41-26/h9-16,24H,3-8H2,1-2H3,(H,34,35). The molecule has 1 aliphatic carbocycles. The van der Waals surface area contributed by atoms with Crippen LogP contribution in [-0.4, -0.2) is 45.8 Å². The van der Waals surface area contributed by atoms with Gasteiger partial charge in [-0.05, 0) is 57.6 Å². The van der Waals surface area contributed by atoms with E-state index < -0.39 is 34.6 Å². The number of nitrogens with one attached hydrogen (secondary N) is 1. The van der Waals surface area contributed by atoms with Gasteiger partial charge in [0.25, 0.3) is 0 Å². The number of rotatable bonds is 8. The number of aliphatic imine (C=N–C) groups is 1. The van der Waals surface area contributed by atoms with E-state index in [9.17, 15) is 18.4 Å². The zero-order valence-electron chi connectivity index (χ0n) is 22.4. The first kappa shape index (κ1) is 28.9. The number of esters is 2. The van der Waals surface area contributed by atoms with E-state index in [1.165, 1.54) is 17.4 Å². The third-order valence-electron chi connectivity index (χ3n) is 7.17. The largest absolute Gasteiger partial charge is 0.463 e. The predicted molar refractivity (Wildman–Crippen MR) is 149 cm³/mol. The summed E-state index contributed by atoms with van der Waals surface area (Å²) in [6.07, 6.45) is 5.82. The van der Waals surface area contributed by atoms with Crippen LogP contribution in [0.4, 0.5) is 8.78 Å². The molecule has 1 saturated carbocycles. The van der Waals surface area contributed by atoms with Crippen LogP contribution in [0.25, 0.3) is 0 Å². The smallest absolute Gasteiger partial charge is 0.356 e. The Bertz CT molecular complexity index is 1500. The molecule has 1 unspecified atom stereocenters. The highest BCUT2D eigenvalue weighted by molar-refractivity contribution is 7.11. The molecule has 3 heterocycles. The number of carbonyl (C=O) groups excluding carboxylic acids is 2. The van der Waals surface area contributed by atoms with Gasteiger partial charge in [-0.15, -0.1) is 11.3 Å². The number of aromatic nitrogens is 3. The van der Waals surface area contributed by atoms with Gasteiger partial charge in [-0.3, -0.25) is 9.67 Å². The topological polar surface area (TPSA) is 108 Å². The van der Waals surface area contributed by atoms with Gasteiger partial charge in [-0.1, -0.05) is 17.7 Å². The number of carbonyl (C=O) groups is 2. The quantitative estimate of drug-likeness (QED) is 0.257. The van der Waals surface area contributed by atoms with Gasteiger partial charge >= 0.3 is 11.9 Å². The minimum Gasteiger partial charge on any atom is -0.463 e. The van der Waals surface area contributed by atoms with Crippen LogP contribution in [0.2, 0.25) is 5.02 Å². The molecule has 0 amide bonds. The average molecular weight is 604 g/mol. The predicted octanol–water partition coefficient (Wildman–Crippen LogP) is 5.79. The van der Waals surface area contributed by atoms with E-state index in [1.54, 1.807) is 42.4 Å². The maximum absolute atomic E-state index is 14.6. The summed E-state index contributed by atoms with van der Waals surface area (Å²) in [5, 5.41) is 9.61. The van der Waals surface area contributed by atoms with Crippen molar-refractivity contribution >= 4 is 40.7 Å². The molecule has 1 aromatic carbocycles. The van der Waals surface area contributed by atoms with Gasteiger partial charge in [0, 0.05) is 29.0 Å². The molecule has 216 valence electrons. The Balaban J connectivity index is 1.53. The third kappa shape index (κ3) is 5.76. The lowest BCUT2D eigenvalue weighted by atomic mass is 9.80. The number of thiazole rings is 1. The summed E-state index contributed by atoms with van der Waals surface area (Å²) in [6, 6.07) is 2.85. The second-order valence-electron chi connectivity index (χ2n) is 9.54. The molecule has 1 aliphatic heterocycles. The molecule has 0 bridgehead atoms. The Morgan fingerprint density at radius 1 is 1.07 bits per heavy atom. The lowest BCUT2D eigenvalue weighted by Crippen LogP contribution is -2.38. The summed E-state index contributed by atoms with van der Waals surface area (Å²) in [7, 11) is 0. The third-order valence-corrected chi connectivity index (χ3v) is 8.33. The van der Waals surface area contributed by atoms with Gasteiger partial charge in [0.05, 0.1) is 29.9 Å². The van der Waals surface area contributed by atoms with Gasteiger partial charge in [-0.2, -0.15) is 5.10 Å². The van der Waals surface area contributed by atoms with Crippen molar-refractivity contribution in [2.45, 2.75) is 51.6 Å². The van der Waals surface area contributed by atoms with E-state index in [2.05, 4.69) is 15.4 Å². The van der Waals surface area contributed by atoms with Crippen LogP contribution in [0, 0.1) is 17.6 Å². The number of hydrogen-bond donors (Lipinski definition) is 1. The minimum absolute atomic E-state index is 0.0422. The molecule has 41 heavy (non-hydrogen) atoms. The molecular weight excluding hydrogens is 576 g/mol. The molecule has 1 N–H and O–H groups in total. The first-order valence-corrected chi connectivity index (χ1v) is 14.6. The highest BCUT2D eigenvalue weighted by atomic mass is 35.5. The van der Waals surface area contributed by atoms with Crippen molar-refractivity contribution in [3.05, 3.63) is 80.2 Å². The van der Waals surface area contributed by atoms with Gasteiger partial charge in [0.1, 0.15) is 11.7 Å². The van der Waals surface area contributed by atoms with E-state index in [0.717, 1.165) is 6.07 Å². The fourth-order valence-corrected chi connectivity index (χ4v) is 6.17.